The van der Waals surface area contributed by atoms with Crippen molar-refractivity contribution in [3.8, 4) is 12.3 Å². The van der Waals surface area contributed by atoms with E-state index in [1.54, 1.807) is 0 Å². The number of allylic oxidation sites excluding steroid dienone is 1. The summed E-state index contributed by atoms with van der Waals surface area (Å²) in [4.78, 5) is 27.4. The molecule has 4 saturated carbocycles. The van der Waals surface area contributed by atoms with Crippen molar-refractivity contribution in [2.24, 2.45) is 51.5 Å². The van der Waals surface area contributed by atoms with Gasteiger partial charge in [0, 0.05) is 17.8 Å². The van der Waals surface area contributed by atoms with Crippen LogP contribution in [0, 0.1) is 58.7 Å². The van der Waals surface area contributed by atoms with Crippen LogP contribution in [0.5, 0.6) is 0 Å². The topological polar surface area (TPSA) is 127 Å². The van der Waals surface area contributed by atoms with Gasteiger partial charge in [0.1, 0.15) is 6.17 Å². The molecule has 232 valence electrons. The van der Waals surface area contributed by atoms with E-state index in [1.165, 1.54) is 51.0 Å². The van der Waals surface area contributed by atoms with Crippen molar-refractivity contribution in [3.63, 3.8) is 0 Å². The average molecular weight is 580 g/mol. The van der Waals surface area contributed by atoms with E-state index in [-0.39, 0.29) is 30.9 Å². The highest BCUT2D eigenvalue weighted by molar-refractivity contribution is 5.88. The van der Waals surface area contributed by atoms with Crippen LogP contribution in [0.2, 0.25) is 0 Å². The summed E-state index contributed by atoms with van der Waals surface area (Å²) in [6, 6.07) is 0. The molecule has 1 unspecified atom stereocenters. The van der Waals surface area contributed by atoms with E-state index in [2.05, 4.69) is 47.4 Å². The third-order valence-corrected chi connectivity index (χ3v) is 12.2. The first-order chi connectivity index (χ1) is 20.1. The Labute approximate surface area is 252 Å². The monoisotopic (exact) mass is 579 g/mol. The van der Waals surface area contributed by atoms with E-state index in [0.29, 0.717) is 35.5 Å². The number of terminal acetylenes is 1. The lowest BCUT2D eigenvalue weighted by atomic mass is 9.44. The van der Waals surface area contributed by atoms with Crippen LogP contribution < -0.4 is 10.6 Å². The van der Waals surface area contributed by atoms with Gasteiger partial charge in [-0.1, -0.05) is 32.0 Å². The molecule has 0 bridgehead atoms. The highest BCUT2D eigenvalue weighted by atomic mass is 16.3. The van der Waals surface area contributed by atoms with Crippen LogP contribution in [-0.2, 0) is 9.59 Å². The Balaban J connectivity index is 1.27. The minimum absolute atomic E-state index is 0.0565. The summed E-state index contributed by atoms with van der Waals surface area (Å²) >= 11 is 0. The number of unbranched alkanes of at least 4 members (excludes halogenated alkanes) is 1. The number of aliphatic hydroxyl groups is 1. The number of carbonyl (C=O) groups excluding carboxylic acids is 2. The molecule has 8 heteroatoms. The molecule has 8 nitrogen and oxygen atoms in total. The van der Waals surface area contributed by atoms with E-state index in [0.717, 1.165) is 49.4 Å². The zero-order chi connectivity index (χ0) is 30.3. The maximum absolute atomic E-state index is 12.6. The largest absolute Gasteiger partial charge is 0.393 e. The molecule has 4 rings (SSSR count). The second-order valence-corrected chi connectivity index (χ2v) is 14.4. The van der Waals surface area contributed by atoms with Crippen molar-refractivity contribution >= 4 is 11.8 Å². The second-order valence-electron chi connectivity index (χ2n) is 14.4. The van der Waals surface area contributed by atoms with Gasteiger partial charge in [-0.3, -0.25) is 9.59 Å². The van der Waals surface area contributed by atoms with Crippen LogP contribution in [0.15, 0.2) is 17.3 Å². The molecule has 3 N–H and O–H groups in total. The van der Waals surface area contributed by atoms with Gasteiger partial charge in [0.25, 0.3) is 0 Å². The molecule has 0 saturated heterocycles. The number of fused-ring (bicyclic) bond motifs is 5. The molecule has 4 fully saturated rings. The number of azide groups is 1. The molecule has 10 atom stereocenters. The summed E-state index contributed by atoms with van der Waals surface area (Å²) in [5.41, 5.74) is 9.50. The summed E-state index contributed by atoms with van der Waals surface area (Å²) in [5.74, 6) is 6.48. The Morgan fingerprint density at radius 3 is 2.64 bits per heavy atom. The summed E-state index contributed by atoms with van der Waals surface area (Å²) in [6.07, 6.45) is 22.3. The number of nitrogens with zero attached hydrogens (tertiary/aromatic N) is 3. The van der Waals surface area contributed by atoms with Gasteiger partial charge in [0.05, 0.1) is 12.6 Å². The Morgan fingerprint density at radius 1 is 1.12 bits per heavy atom. The molecule has 42 heavy (non-hydrogen) atoms. The summed E-state index contributed by atoms with van der Waals surface area (Å²) in [7, 11) is 0. The number of carbonyl (C=O) groups is 2. The van der Waals surface area contributed by atoms with Gasteiger partial charge >= 0.3 is 0 Å². The van der Waals surface area contributed by atoms with Gasteiger partial charge in [0.2, 0.25) is 11.8 Å². The van der Waals surface area contributed by atoms with Crippen molar-refractivity contribution in [2.75, 3.05) is 6.54 Å². The van der Waals surface area contributed by atoms with E-state index in [9.17, 15) is 14.7 Å². The van der Waals surface area contributed by atoms with Gasteiger partial charge < -0.3 is 15.7 Å². The first kappa shape index (κ1) is 32.4. The molecule has 0 spiro atoms. The van der Waals surface area contributed by atoms with Crippen LogP contribution in [0.25, 0.3) is 10.4 Å². The maximum atomic E-state index is 12.6. The number of aliphatic hydroxyl groups excluding tert-OH is 1. The maximum Gasteiger partial charge on any atom is 0.245 e. The molecule has 4 aliphatic rings. The fourth-order valence-corrected chi connectivity index (χ4v) is 10.0. The quantitative estimate of drug-likeness (QED) is 0.0455. The summed E-state index contributed by atoms with van der Waals surface area (Å²) in [5, 5.41) is 19.3. The highest BCUT2D eigenvalue weighted by Gasteiger charge is 2.60. The molecule has 0 aromatic carbocycles. The zero-order valence-electron chi connectivity index (χ0n) is 26.1. The van der Waals surface area contributed by atoms with Crippen molar-refractivity contribution in [1.29, 1.82) is 0 Å². The van der Waals surface area contributed by atoms with Gasteiger partial charge in [-0.05, 0) is 135 Å². The van der Waals surface area contributed by atoms with Crippen LogP contribution >= 0.6 is 0 Å². The predicted molar refractivity (Wildman–Crippen MR) is 166 cm³/mol. The van der Waals surface area contributed by atoms with Crippen LogP contribution in [-0.4, -0.2) is 35.7 Å². The molecule has 0 aliphatic heterocycles. The van der Waals surface area contributed by atoms with Crippen molar-refractivity contribution in [2.45, 2.75) is 123 Å². The molecule has 0 heterocycles. The number of hydrogen-bond acceptors (Lipinski definition) is 4. The Hall–Kier alpha value is -2.49. The fourth-order valence-electron chi connectivity index (χ4n) is 10.0. The van der Waals surface area contributed by atoms with Gasteiger partial charge in [0.15, 0.2) is 0 Å². The van der Waals surface area contributed by atoms with Crippen LogP contribution in [0.3, 0.4) is 0 Å². The van der Waals surface area contributed by atoms with E-state index >= 15 is 0 Å². The number of rotatable bonds is 12. The summed E-state index contributed by atoms with van der Waals surface area (Å²) < 4.78 is 0. The number of hydrogen-bond donors (Lipinski definition) is 3. The third-order valence-electron chi connectivity index (χ3n) is 12.2. The average Bonchev–Trinajstić information content (AvgIpc) is 3.32. The Kier molecular flexibility index (Phi) is 11.1. The number of amides is 2. The van der Waals surface area contributed by atoms with E-state index in [1.807, 2.05) is 6.08 Å². The predicted octanol–water partition coefficient (Wildman–Crippen LogP) is 6.65. The molecule has 2 amide bonds. The molecular formula is C34H53N5O3. The lowest BCUT2D eigenvalue weighted by Gasteiger charge is -2.61. The first-order valence-electron chi connectivity index (χ1n) is 16.5. The SMILES string of the molecule is C#CCCCC(=O)NC(CN=[N+]=[N-])NC(=O)C=CCC[C@@H](C)[C@H]1CC[C@H]2[C@@H]3CC[C@@H]4C[C@H](O)CC[C@]4(C)[C@H]3CC[C@]12C. The molecule has 0 radical (unpaired) electrons. The minimum Gasteiger partial charge on any atom is -0.393 e. The minimum atomic E-state index is -0.753. The van der Waals surface area contributed by atoms with Crippen molar-refractivity contribution in [3.05, 3.63) is 22.6 Å². The fraction of sp³-hybridized carbons (Fsp3) is 0.824. The highest BCUT2D eigenvalue weighted by Crippen LogP contribution is 2.68. The molecule has 0 aromatic rings. The standard InChI is InChI=1S/C34H53N5O3/c1-5-6-7-11-31(41)37-30(22-36-39-35)38-32(42)12-9-8-10-23(2)27-15-16-28-26-14-13-24-21-25(40)17-19-33(24,3)29(26)18-20-34(27,28)4/h1,9,12,23-30,40H,6-8,10-11,13-22H2,2-4H3,(H,37,41)(H,38,42)/t23-,24-,25-,26+,27-,28+,29+,30?,33+,34-/m1/s1. The molecule has 4 aliphatic carbocycles. The molecule has 0 aromatic heterocycles. The number of nitrogens with one attached hydrogen (secondary N) is 2. The van der Waals surface area contributed by atoms with E-state index in [4.69, 9.17) is 12.0 Å². The normalized spacial score (nSPS) is 36.8. The van der Waals surface area contributed by atoms with Crippen molar-refractivity contribution < 1.29 is 14.7 Å². The lowest BCUT2D eigenvalue weighted by molar-refractivity contribution is -0.129. The third kappa shape index (κ3) is 7.17. The van der Waals surface area contributed by atoms with Crippen LogP contribution in [0.1, 0.15) is 111 Å². The second kappa shape index (κ2) is 14.3. The zero-order valence-corrected chi connectivity index (χ0v) is 26.1. The summed E-state index contributed by atoms with van der Waals surface area (Å²) in [6.45, 7) is 7.51. The molecular weight excluding hydrogens is 526 g/mol. The Bertz CT molecular complexity index is 1080. The smallest absolute Gasteiger partial charge is 0.245 e. The van der Waals surface area contributed by atoms with Gasteiger partial charge in [-0.25, -0.2) is 0 Å². The van der Waals surface area contributed by atoms with Crippen LogP contribution in [0.4, 0.5) is 0 Å². The van der Waals surface area contributed by atoms with E-state index < -0.39 is 6.17 Å². The Morgan fingerprint density at radius 2 is 1.88 bits per heavy atom. The lowest BCUT2D eigenvalue weighted by Crippen LogP contribution is -2.54. The van der Waals surface area contributed by atoms with Gasteiger partial charge in [-0.2, -0.15) is 0 Å². The van der Waals surface area contributed by atoms with Gasteiger partial charge in [-0.15, -0.1) is 12.3 Å². The van der Waals surface area contributed by atoms with Crippen molar-refractivity contribution in [1.82, 2.24) is 10.6 Å². The first-order valence-corrected chi connectivity index (χ1v) is 16.5.